The van der Waals surface area contributed by atoms with Gasteiger partial charge in [0.15, 0.2) is 0 Å². The smallest absolute Gasteiger partial charge is 0.258 e. The van der Waals surface area contributed by atoms with Gasteiger partial charge in [-0.25, -0.2) is 0 Å². The Morgan fingerprint density at radius 1 is 1.03 bits per heavy atom. The number of carbonyl (C=O) groups is 3. The van der Waals surface area contributed by atoms with Gasteiger partial charge in [0.25, 0.3) is 5.91 Å². The fourth-order valence-electron chi connectivity index (χ4n) is 5.60. The molecule has 1 saturated carbocycles. The predicted octanol–water partition coefficient (Wildman–Crippen LogP) is 5.36. The molecule has 192 valence electrons. The van der Waals surface area contributed by atoms with Crippen molar-refractivity contribution in [1.29, 1.82) is 0 Å². The number of anilines is 1. The fourth-order valence-corrected chi connectivity index (χ4v) is 5.60. The molecule has 1 N–H and O–H groups in total. The Bertz CT molecular complexity index is 1310. The monoisotopic (exact) mass is 497 g/mol. The van der Waals surface area contributed by atoms with Crippen LogP contribution < -0.4 is 10.2 Å². The zero-order valence-electron chi connectivity index (χ0n) is 21.7. The van der Waals surface area contributed by atoms with Crippen molar-refractivity contribution in [3.8, 4) is 0 Å². The van der Waals surface area contributed by atoms with E-state index in [4.69, 9.17) is 0 Å². The van der Waals surface area contributed by atoms with Crippen LogP contribution in [0.25, 0.3) is 10.8 Å². The highest BCUT2D eigenvalue weighted by molar-refractivity contribution is 6.25. The van der Waals surface area contributed by atoms with Crippen molar-refractivity contribution in [2.45, 2.75) is 71.0 Å². The van der Waals surface area contributed by atoms with Crippen molar-refractivity contribution < 1.29 is 14.4 Å². The normalized spacial score (nSPS) is 15.8. The molecule has 2 aliphatic rings. The summed E-state index contributed by atoms with van der Waals surface area (Å²) >= 11 is 0. The molecule has 0 aromatic heterocycles. The van der Waals surface area contributed by atoms with E-state index in [1.54, 1.807) is 9.80 Å². The molecular weight excluding hydrogens is 462 g/mol. The Hall–Kier alpha value is -3.67. The minimum absolute atomic E-state index is 0.0138. The van der Waals surface area contributed by atoms with Gasteiger partial charge in [-0.1, -0.05) is 66.9 Å². The minimum atomic E-state index is -0.569. The summed E-state index contributed by atoms with van der Waals surface area (Å²) in [7, 11) is 0. The van der Waals surface area contributed by atoms with Crippen LogP contribution in [-0.2, 0) is 16.1 Å². The standard InChI is InChI=1S/C31H35N3O3/c1-21-15-17-23(18-16-21)20-34(22(2)30(36)32-25-10-3-4-11-25)28(35)14-7-19-33-27-13-6-9-24-8-5-12-26(29(24)27)31(33)37/h5-6,8-9,12-13,15-18,22,25H,3-4,7,10-11,14,19-20H2,1-2H3,(H,32,36)/t22-/m1/s1. The van der Waals surface area contributed by atoms with Gasteiger partial charge < -0.3 is 15.1 Å². The maximum atomic E-state index is 13.5. The molecule has 0 spiro atoms. The SMILES string of the molecule is Cc1ccc(CN(C(=O)CCCN2C(=O)c3cccc4cccc2c34)[C@H](C)C(=O)NC2CCCC2)cc1. The first-order valence-corrected chi connectivity index (χ1v) is 13.4. The van der Waals surface area contributed by atoms with Gasteiger partial charge in [-0.2, -0.15) is 0 Å². The van der Waals surface area contributed by atoms with Crippen molar-refractivity contribution in [1.82, 2.24) is 10.2 Å². The molecule has 6 nitrogen and oxygen atoms in total. The molecule has 0 saturated heterocycles. The third-order valence-electron chi connectivity index (χ3n) is 7.76. The van der Waals surface area contributed by atoms with E-state index in [0.29, 0.717) is 19.5 Å². The Morgan fingerprint density at radius 3 is 2.46 bits per heavy atom. The highest BCUT2D eigenvalue weighted by atomic mass is 16.2. The molecule has 6 heteroatoms. The quantitative estimate of drug-likeness (QED) is 0.432. The molecule has 0 unspecified atom stereocenters. The number of aryl methyl sites for hydroxylation is 1. The summed E-state index contributed by atoms with van der Waals surface area (Å²) in [6, 6.07) is 19.5. The van der Waals surface area contributed by atoms with E-state index in [-0.39, 0.29) is 30.2 Å². The predicted molar refractivity (Wildman–Crippen MR) is 146 cm³/mol. The molecular formula is C31H35N3O3. The van der Waals surface area contributed by atoms with Crippen molar-refractivity contribution >= 4 is 34.2 Å². The highest BCUT2D eigenvalue weighted by Gasteiger charge is 2.31. The van der Waals surface area contributed by atoms with Crippen LogP contribution in [-0.4, -0.2) is 41.2 Å². The number of amides is 3. The van der Waals surface area contributed by atoms with Crippen LogP contribution in [0.3, 0.4) is 0 Å². The summed E-state index contributed by atoms with van der Waals surface area (Å²) in [6.45, 7) is 4.69. The van der Waals surface area contributed by atoms with Gasteiger partial charge in [-0.05, 0) is 56.2 Å². The van der Waals surface area contributed by atoms with E-state index >= 15 is 0 Å². The van der Waals surface area contributed by atoms with Crippen LogP contribution in [0, 0.1) is 6.92 Å². The number of rotatable bonds is 9. The van der Waals surface area contributed by atoms with Crippen LogP contribution in [0.15, 0.2) is 60.7 Å². The van der Waals surface area contributed by atoms with Gasteiger partial charge in [0.2, 0.25) is 11.8 Å². The van der Waals surface area contributed by atoms with E-state index in [9.17, 15) is 14.4 Å². The molecule has 3 amide bonds. The zero-order chi connectivity index (χ0) is 25.9. The van der Waals surface area contributed by atoms with Crippen molar-refractivity contribution in [2.24, 2.45) is 0 Å². The van der Waals surface area contributed by atoms with Crippen LogP contribution >= 0.6 is 0 Å². The van der Waals surface area contributed by atoms with Gasteiger partial charge in [-0.15, -0.1) is 0 Å². The molecule has 3 aromatic carbocycles. The van der Waals surface area contributed by atoms with E-state index in [0.717, 1.165) is 58.8 Å². The molecule has 3 aromatic rings. The van der Waals surface area contributed by atoms with Crippen LogP contribution in [0.2, 0.25) is 0 Å². The van der Waals surface area contributed by atoms with Crippen molar-refractivity contribution in [3.63, 3.8) is 0 Å². The molecule has 1 fully saturated rings. The lowest BCUT2D eigenvalue weighted by Crippen LogP contribution is -2.49. The summed E-state index contributed by atoms with van der Waals surface area (Å²) in [5.41, 5.74) is 3.78. The number of hydrogen-bond donors (Lipinski definition) is 1. The third kappa shape index (κ3) is 5.24. The third-order valence-corrected chi connectivity index (χ3v) is 7.76. The molecule has 1 aliphatic carbocycles. The maximum Gasteiger partial charge on any atom is 0.258 e. The van der Waals surface area contributed by atoms with Crippen molar-refractivity contribution in [2.75, 3.05) is 11.4 Å². The number of benzene rings is 3. The lowest BCUT2D eigenvalue weighted by molar-refractivity contribution is -0.141. The molecule has 0 bridgehead atoms. The van der Waals surface area contributed by atoms with Crippen LogP contribution in [0.5, 0.6) is 0 Å². The second-order valence-electron chi connectivity index (χ2n) is 10.4. The highest BCUT2D eigenvalue weighted by Crippen LogP contribution is 2.37. The average Bonchev–Trinajstić information content (AvgIpc) is 3.51. The second kappa shape index (κ2) is 10.8. The summed E-state index contributed by atoms with van der Waals surface area (Å²) in [4.78, 5) is 43.2. The maximum absolute atomic E-state index is 13.5. The average molecular weight is 498 g/mol. The number of hydrogen-bond acceptors (Lipinski definition) is 3. The summed E-state index contributed by atoms with van der Waals surface area (Å²) < 4.78 is 0. The van der Waals surface area contributed by atoms with Gasteiger partial charge >= 0.3 is 0 Å². The first kappa shape index (κ1) is 25.0. The lowest BCUT2D eigenvalue weighted by Gasteiger charge is -2.30. The zero-order valence-corrected chi connectivity index (χ0v) is 21.7. The Labute approximate surface area is 218 Å². The topological polar surface area (TPSA) is 69.7 Å². The van der Waals surface area contributed by atoms with E-state index < -0.39 is 6.04 Å². The van der Waals surface area contributed by atoms with E-state index in [2.05, 4.69) is 5.32 Å². The van der Waals surface area contributed by atoms with Gasteiger partial charge in [-0.3, -0.25) is 14.4 Å². The molecule has 1 aliphatic heterocycles. The lowest BCUT2D eigenvalue weighted by atomic mass is 10.1. The van der Waals surface area contributed by atoms with E-state index in [1.807, 2.05) is 74.5 Å². The Morgan fingerprint density at radius 2 is 1.73 bits per heavy atom. The summed E-state index contributed by atoms with van der Waals surface area (Å²) in [6.07, 6.45) is 5.07. The fraction of sp³-hybridized carbons (Fsp3) is 0.387. The molecule has 1 atom stereocenters. The summed E-state index contributed by atoms with van der Waals surface area (Å²) in [5.74, 6) is -0.179. The van der Waals surface area contributed by atoms with E-state index in [1.165, 1.54) is 0 Å². The van der Waals surface area contributed by atoms with Gasteiger partial charge in [0, 0.05) is 36.5 Å². The minimum Gasteiger partial charge on any atom is -0.352 e. The number of nitrogens with one attached hydrogen (secondary N) is 1. The molecule has 0 radical (unpaired) electrons. The summed E-state index contributed by atoms with van der Waals surface area (Å²) in [5, 5.41) is 5.19. The molecule has 5 rings (SSSR count). The van der Waals surface area contributed by atoms with Gasteiger partial charge in [0.1, 0.15) is 6.04 Å². The van der Waals surface area contributed by atoms with Crippen molar-refractivity contribution in [3.05, 3.63) is 77.4 Å². The van der Waals surface area contributed by atoms with Crippen LogP contribution in [0.1, 0.15) is 66.9 Å². The van der Waals surface area contributed by atoms with Crippen LogP contribution in [0.4, 0.5) is 5.69 Å². The van der Waals surface area contributed by atoms with Gasteiger partial charge in [0.05, 0.1) is 5.69 Å². The Balaban J connectivity index is 1.27. The first-order valence-electron chi connectivity index (χ1n) is 13.4. The number of carbonyl (C=O) groups excluding carboxylic acids is 3. The molecule has 37 heavy (non-hydrogen) atoms. The second-order valence-corrected chi connectivity index (χ2v) is 10.4. The number of nitrogens with zero attached hydrogens (tertiary/aromatic N) is 2. The first-order chi connectivity index (χ1) is 17.9. The molecule has 1 heterocycles. The largest absolute Gasteiger partial charge is 0.352 e. The Kier molecular flexibility index (Phi) is 7.26.